The van der Waals surface area contributed by atoms with Crippen molar-refractivity contribution in [1.82, 2.24) is 5.32 Å². The minimum atomic E-state index is -0.542. The molecule has 1 aromatic carbocycles. The number of anilines is 1. The van der Waals surface area contributed by atoms with Crippen molar-refractivity contribution in [1.29, 1.82) is 0 Å². The molecule has 14 heavy (non-hydrogen) atoms. The van der Waals surface area contributed by atoms with Crippen molar-refractivity contribution >= 4 is 11.7 Å². The topological polar surface area (TPSA) is 67.2 Å². The predicted octanol–water partition coefficient (Wildman–Crippen LogP) is 1.46. The summed E-state index contributed by atoms with van der Waals surface area (Å²) in [7, 11) is 1.90. The maximum Gasteiger partial charge on any atom is 0.316 e. The molecule has 0 saturated heterocycles. The molecule has 0 bridgehead atoms. The van der Waals surface area contributed by atoms with E-state index in [1.807, 2.05) is 31.3 Å². The van der Waals surface area contributed by atoms with Gasteiger partial charge in [0.25, 0.3) is 0 Å². The van der Waals surface area contributed by atoms with Crippen molar-refractivity contribution in [3.8, 4) is 0 Å². The van der Waals surface area contributed by atoms with Crippen molar-refractivity contribution in [2.24, 2.45) is 5.73 Å². The Bertz CT molecular complexity index is 308. The zero-order chi connectivity index (χ0) is 10.6. The van der Waals surface area contributed by atoms with E-state index in [1.165, 1.54) is 5.56 Å². The van der Waals surface area contributed by atoms with E-state index >= 15 is 0 Å². The molecule has 1 rings (SSSR count). The third kappa shape index (κ3) is 2.74. The van der Waals surface area contributed by atoms with E-state index in [9.17, 15) is 4.79 Å². The fraction of sp³-hybridized carbons (Fsp3) is 0.300. The first-order valence-corrected chi connectivity index (χ1v) is 4.47. The number of carbonyl (C=O) groups is 1. The molecule has 76 valence electrons. The van der Waals surface area contributed by atoms with Crippen LogP contribution in [0.1, 0.15) is 18.5 Å². The van der Waals surface area contributed by atoms with Gasteiger partial charge in [0.15, 0.2) is 0 Å². The highest BCUT2D eigenvalue weighted by Gasteiger charge is 2.01. The fourth-order valence-electron chi connectivity index (χ4n) is 1.16. The van der Waals surface area contributed by atoms with Crippen LogP contribution in [-0.4, -0.2) is 13.1 Å². The van der Waals surface area contributed by atoms with Gasteiger partial charge in [-0.05, 0) is 31.7 Å². The van der Waals surface area contributed by atoms with E-state index in [2.05, 4.69) is 17.6 Å². The number of hydrogen-bond acceptors (Lipinski definition) is 2. The standard InChI is InChI=1S/C10H15N3O/c1-7(12-2)8-3-5-9(6-4-8)13-10(11)14/h3-7,12H,1-2H3,(H3,11,13,14). The number of nitrogens with two attached hydrogens (primary N) is 1. The summed E-state index contributed by atoms with van der Waals surface area (Å²) >= 11 is 0. The molecule has 0 aromatic heterocycles. The van der Waals surface area contributed by atoms with Gasteiger partial charge in [-0.1, -0.05) is 12.1 Å². The summed E-state index contributed by atoms with van der Waals surface area (Å²) in [6.45, 7) is 2.07. The van der Waals surface area contributed by atoms with Gasteiger partial charge < -0.3 is 16.4 Å². The average molecular weight is 193 g/mol. The highest BCUT2D eigenvalue weighted by Crippen LogP contribution is 2.15. The number of nitrogens with one attached hydrogen (secondary N) is 2. The second-order valence-corrected chi connectivity index (χ2v) is 3.12. The number of urea groups is 1. The lowest BCUT2D eigenvalue weighted by Crippen LogP contribution is -2.19. The Hall–Kier alpha value is -1.55. The summed E-state index contributed by atoms with van der Waals surface area (Å²) in [6, 6.07) is 7.32. The first-order chi connectivity index (χ1) is 6.63. The largest absolute Gasteiger partial charge is 0.351 e. The molecule has 0 aliphatic rings. The van der Waals surface area contributed by atoms with Gasteiger partial charge in [0.05, 0.1) is 0 Å². The fourth-order valence-corrected chi connectivity index (χ4v) is 1.16. The molecular formula is C10H15N3O. The molecule has 0 heterocycles. The normalized spacial score (nSPS) is 12.1. The van der Waals surface area contributed by atoms with Crippen LogP contribution in [0.15, 0.2) is 24.3 Å². The Morgan fingerprint density at radius 2 is 1.93 bits per heavy atom. The molecule has 4 heteroatoms. The van der Waals surface area contributed by atoms with Crippen LogP contribution in [0.3, 0.4) is 0 Å². The predicted molar refractivity (Wildman–Crippen MR) is 57.1 cm³/mol. The molecule has 0 fully saturated rings. The minimum Gasteiger partial charge on any atom is -0.351 e. The molecule has 1 aromatic rings. The number of benzene rings is 1. The molecule has 4 N–H and O–H groups in total. The molecule has 0 radical (unpaired) electrons. The summed E-state index contributed by atoms with van der Waals surface area (Å²) in [5.41, 5.74) is 6.87. The monoisotopic (exact) mass is 193 g/mol. The summed E-state index contributed by atoms with van der Waals surface area (Å²) in [5, 5.41) is 5.64. The quantitative estimate of drug-likeness (QED) is 0.680. The van der Waals surface area contributed by atoms with Crippen molar-refractivity contribution in [2.75, 3.05) is 12.4 Å². The molecule has 0 aliphatic carbocycles. The number of carbonyl (C=O) groups excluding carboxylic acids is 1. The molecule has 1 atom stereocenters. The molecule has 4 nitrogen and oxygen atoms in total. The van der Waals surface area contributed by atoms with Gasteiger partial charge in [-0.25, -0.2) is 4.79 Å². The van der Waals surface area contributed by atoms with Crippen molar-refractivity contribution < 1.29 is 4.79 Å². The Balaban J connectivity index is 2.73. The van der Waals surface area contributed by atoms with Crippen LogP contribution < -0.4 is 16.4 Å². The van der Waals surface area contributed by atoms with Gasteiger partial charge >= 0.3 is 6.03 Å². The molecule has 1 unspecified atom stereocenters. The summed E-state index contributed by atoms with van der Waals surface area (Å²) < 4.78 is 0. The van der Waals surface area contributed by atoms with Gasteiger partial charge in [-0.3, -0.25) is 0 Å². The summed E-state index contributed by atoms with van der Waals surface area (Å²) in [5.74, 6) is 0. The third-order valence-electron chi connectivity index (χ3n) is 2.11. The minimum absolute atomic E-state index is 0.303. The van der Waals surface area contributed by atoms with Crippen LogP contribution in [0.2, 0.25) is 0 Å². The van der Waals surface area contributed by atoms with E-state index in [4.69, 9.17) is 5.73 Å². The molecule has 0 saturated carbocycles. The zero-order valence-electron chi connectivity index (χ0n) is 8.37. The molecule has 2 amide bonds. The van der Waals surface area contributed by atoms with Crippen molar-refractivity contribution in [3.05, 3.63) is 29.8 Å². The second-order valence-electron chi connectivity index (χ2n) is 3.12. The summed E-state index contributed by atoms with van der Waals surface area (Å²) in [4.78, 5) is 10.5. The van der Waals surface area contributed by atoms with Gasteiger partial charge in [0.2, 0.25) is 0 Å². The van der Waals surface area contributed by atoms with E-state index in [-0.39, 0.29) is 0 Å². The highest BCUT2D eigenvalue weighted by atomic mass is 16.2. The van der Waals surface area contributed by atoms with E-state index in [0.717, 1.165) is 0 Å². The van der Waals surface area contributed by atoms with Crippen molar-refractivity contribution in [3.63, 3.8) is 0 Å². The van der Waals surface area contributed by atoms with Gasteiger partial charge in [0.1, 0.15) is 0 Å². The first-order valence-electron chi connectivity index (χ1n) is 4.47. The lowest BCUT2D eigenvalue weighted by Gasteiger charge is -2.10. The number of amides is 2. The maximum atomic E-state index is 10.5. The lowest BCUT2D eigenvalue weighted by molar-refractivity contribution is 0.259. The SMILES string of the molecule is CNC(C)c1ccc(NC(N)=O)cc1. The molecule has 0 spiro atoms. The van der Waals surface area contributed by atoms with E-state index < -0.39 is 6.03 Å². The Labute approximate surface area is 83.5 Å². The third-order valence-corrected chi connectivity index (χ3v) is 2.11. The average Bonchev–Trinajstić information content (AvgIpc) is 2.17. The van der Waals surface area contributed by atoms with Crippen LogP contribution in [-0.2, 0) is 0 Å². The summed E-state index contributed by atoms with van der Waals surface area (Å²) in [6.07, 6.45) is 0. The van der Waals surface area contributed by atoms with Crippen LogP contribution in [0.4, 0.5) is 10.5 Å². The number of rotatable bonds is 3. The van der Waals surface area contributed by atoms with Gasteiger partial charge in [0, 0.05) is 11.7 Å². The lowest BCUT2D eigenvalue weighted by atomic mass is 10.1. The van der Waals surface area contributed by atoms with Crippen LogP contribution >= 0.6 is 0 Å². The van der Waals surface area contributed by atoms with E-state index in [1.54, 1.807) is 0 Å². The maximum absolute atomic E-state index is 10.5. The smallest absolute Gasteiger partial charge is 0.316 e. The molecular weight excluding hydrogens is 178 g/mol. The zero-order valence-corrected chi connectivity index (χ0v) is 8.37. The van der Waals surface area contributed by atoms with Gasteiger partial charge in [-0.15, -0.1) is 0 Å². The number of hydrogen-bond donors (Lipinski definition) is 3. The van der Waals surface area contributed by atoms with E-state index in [0.29, 0.717) is 11.7 Å². The van der Waals surface area contributed by atoms with Crippen LogP contribution in [0.25, 0.3) is 0 Å². The van der Waals surface area contributed by atoms with Crippen LogP contribution in [0, 0.1) is 0 Å². The van der Waals surface area contributed by atoms with Crippen LogP contribution in [0.5, 0.6) is 0 Å². The second kappa shape index (κ2) is 4.62. The highest BCUT2D eigenvalue weighted by molar-refractivity contribution is 5.87. The Morgan fingerprint density at radius 1 is 1.36 bits per heavy atom. The number of primary amides is 1. The van der Waals surface area contributed by atoms with Crippen molar-refractivity contribution in [2.45, 2.75) is 13.0 Å². The molecule has 0 aliphatic heterocycles. The first kappa shape index (κ1) is 10.5. The Kier molecular flexibility index (Phi) is 3.48. The van der Waals surface area contributed by atoms with Gasteiger partial charge in [-0.2, -0.15) is 0 Å². The Morgan fingerprint density at radius 3 is 2.36 bits per heavy atom.